The normalized spacial score (nSPS) is 16.9. The Bertz CT molecular complexity index is 555. The number of likely N-dealkylation sites (tertiary alicyclic amines) is 1. The Balaban J connectivity index is 1.87. The van der Waals surface area contributed by atoms with Gasteiger partial charge in [-0.15, -0.1) is 0 Å². The van der Waals surface area contributed by atoms with Crippen molar-refractivity contribution in [3.05, 3.63) is 29.8 Å². The van der Waals surface area contributed by atoms with Gasteiger partial charge in [-0.25, -0.2) is 0 Å². The molecule has 0 N–H and O–H groups in total. The number of ether oxygens (including phenoxy) is 1. The molecule has 1 heterocycles. The van der Waals surface area contributed by atoms with Crippen LogP contribution in [0.4, 0.5) is 13.2 Å². The van der Waals surface area contributed by atoms with Gasteiger partial charge in [0.2, 0.25) is 0 Å². The second kappa shape index (κ2) is 7.88. The summed E-state index contributed by atoms with van der Waals surface area (Å²) in [5.41, 5.74) is 0.552. The van der Waals surface area contributed by atoms with Crippen LogP contribution in [0.25, 0.3) is 0 Å². The number of hydrogen-bond acceptors (Lipinski definition) is 3. The van der Waals surface area contributed by atoms with E-state index >= 15 is 0 Å². The molecule has 1 saturated heterocycles. The molecule has 0 saturated carbocycles. The summed E-state index contributed by atoms with van der Waals surface area (Å²) in [7, 11) is 3.29. The summed E-state index contributed by atoms with van der Waals surface area (Å²) in [6, 6.07) is 7.01. The summed E-state index contributed by atoms with van der Waals surface area (Å²) in [4.78, 5) is 16.1. The molecule has 0 spiro atoms. The molecule has 1 aliphatic rings. The first-order chi connectivity index (χ1) is 11.3. The van der Waals surface area contributed by atoms with E-state index in [2.05, 4.69) is 0 Å². The van der Waals surface area contributed by atoms with E-state index in [0.29, 0.717) is 37.2 Å². The summed E-state index contributed by atoms with van der Waals surface area (Å²) >= 11 is 0. The molecule has 0 radical (unpaired) electrons. The van der Waals surface area contributed by atoms with Crippen molar-refractivity contribution in [2.24, 2.45) is 0 Å². The van der Waals surface area contributed by atoms with Crippen molar-refractivity contribution >= 4 is 5.91 Å². The van der Waals surface area contributed by atoms with E-state index in [1.54, 1.807) is 43.3 Å². The number of hydrogen-bond donors (Lipinski definition) is 0. The van der Waals surface area contributed by atoms with Gasteiger partial charge in [-0.2, -0.15) is 13.2 Å². The summed E-state index contributed by atoms with van der Waals surface area (Å²) in [5.74, 6) is 0.527. The largest absolute Gasteiger partial charge is 0.497 e. The molecule has 1 amide bonds. The van der Waals surface area contributed by atoms with Gasteiger partial charge in [-0.3, -0.25) is 4.79 Å². The fraction of sp³-hybridized carbons (Fsp3) is 0.588. The molecule has 1 aromatic carbocycles. The highest BCUT2D eigenvalue weighted by Gasteiger charge is 2.30. The highest BCUT2D eigenvalue weighted by atomic mass is 19.4. The van der Waals surface area contributed by atoms with Crippen LogP contribution >= 0.6 is 0 Å². The molecule has 1 aliphatic heterocycles. The predicted molar refractivity (Wildman–Crippen MR) is 85.2 cm³/mol. The number of piperidine rings is 1. The number of rotatable bonds is 5. The zero-order chi connectivity index (χ0) is 17.7. The Labute approximate surface area is 140 Å². The molecule has 134 valence electrons. The van der Waals surface area contributed by atoms with Crippen LogP contribution in [-0.2, 0) is 0 Å². The van der Waals surface area contributed by atoms with Gasteiger partial charge < -0.3 is 14.5 Å². The monoisotopic (exact) mass is 344 g/mol. The third kappa shape index (κ3) is 5.12. The fourth-order valence-corrected chi connectivity index (χ4v) is 2.94. The van der Waals surface area contributed by atoms with Gasteiger partial charge in [-0.1, -0.05) is 6.07 Å². The Morgan fingerprint density at radius 2 is 2.00 bits per heavy atom. The number of carbonyl (C=O) groups excluding carboxylic acids is 1. The molecule has 1 fully saturated rings. The number of benzene rings is 1. The number of nitrogens with zero attached hydrogens (tertiary/aromatic N) is 2. The van der Waals surface area contributed by atoms with Crippen LogP contribution in [-0.4, -0.2) is 61.7 Å². The van der Waals surface area contributed by atoms with Gasteiger partial charge in [0.25, 0.3) is 5.91 Å². The van der Waals surface area contributed by atoms with Crippen LogP contribution in [0.3, 0.4) is 0 Å². The molecule has 4 nitrogen and oxygen atoms in total. The summed E-state index contributed by atoms with van der Waals surface area (Å²) in [6.45, 7) is 1.19. The molecule has 1 aromatic rings. The van der Waals surface area contributed by atoms with Crippen LogP contribution in [0.2, 0.25) is 0 Å². The van der Waals surface area contributed by atoms with E-state index in [1.807, 2.05) is 4.90 Å². The average molecular weight is 344 g/mol. The van der Waals surface area contributed by atoms with E-state index in [1.165, 1.54) is 0 Å². The summed E-state index contributed by atoms with van der Waals surface area (Å²) in [6.07, 6.45) is -3.53. The Morgan fingerprint density at radius 3 is 2.58 bits per heavy atom. The van der Waals surface area contributed by atoms with Crippen molar-refractivity contribution in [1.29, 1.82) is 0 Å². The third-order valence-corrected chi connectivity index (χ3v) is 4.45. The number of amides is 1. The predicted octanol–water partition coefficient (Wildman–Crippen LogP) is 3.18. The molecule has 7 heteroatoms. The maximum absolute atomic E-state index is 12.6. The minimum atomic E-state index is -4.12. The van der Waals surface area contributed by atoms with E-state index in [9.17, 15) is 18.0 Å². The number of halogens is 3. The Kier molecular flexibility index (Phi) is 6.10. The van der Waals surface area contributed by atoms with Crippen molar-refractivity contribution in [3.63, 3.8) is 0 Å². The van der Waals surface area contributed by atoms with Gasteiger partial charge in [0.1, 0.15) is 5.75 Å². The first-order valence-electron chi connectivity index (χ1n) is 8.00. The second-order valence-corrected chi connectivity index (χ2v) is 6.09. The van der Waals surface area contributed by atoms with Crippen LogP contribution in [0.1, 0.15) is 29.6 Å². The smallest absolute Gasteiger partial charge is 0.390 e. The molecule has 0 aromatic heterocycles. The standard InChI is InChI=1S/C17H23F3N2O2/c1-21(16(23)13-4-3-5-15(12-13)24-2)14-6-9-22(10-7-14)11-8-17(18,19)20/h3-5,12,14H,6-11H2,1-2H3. The summed E-state index contributed by atoms with van der Waals surface area (Å²) in [5, 5.41) is 0. The van der Waals surface area contributed by atoms with Gasteiger partial charge in [0.05, 0.1) is 13.5 Å². The maximum atomic E-state index is 12.6. The fourth-order valence-electron chi connectivity index (χ4n) is 2.94. The summed E-state index contributed by atoms with van der Waals surface area (Å²) < 4.78 is 42.0. The molecule has 0 aliphatic carbocycles. The van der Waals surface area contributed by atoms with Gasteiger partial charge >= 0.3 is 6.18 Å². The van der Waals surface area contributed by atoms with E-state index in [-0.39, 0.29) is 18.5 Å². The van der Waals surface area contributed by atoms with Crippen molar-refractivity contribution in [2.45, 2.75) is 31.5 Å². The quantitative estimate of drug-likeness (QED) is 0.822. The molecular weight excluding hydrogens is 321 g/mol. The minimum Gasteiger partial charge on any atom is -0.497 e. The molecule has 0 bridgehead atoms. The van der Waals surface area contributed by atoms with Crippen molar-refractivity contribution in [2.75, 3.05) is 33.8 Å². The third-order valence-electron chi connectivity index (χ3n) is 4.45. The molecule has 0 unspecified atom stereocenters. The lowest BCUT2D eigenvalue weighted by Crippen LogP contribution is -2.46. The van der Waals surface area contributed by atoms with Crippen molar-refractivity contribution in [1.82, 2.24) is 9.80 Å². The first-order valence-corrected chi connectivity index (χ1v) is 8.00. The first kappa shape index (κ1) is 18.6. The number of alkyl halides is 3. The Morgan fingerprint density at radius 1 is 1.33 bits per heavy atom. The van der Waals surface area contributed by atoms with E-state index in [0.717, 1.165) is 0 Å². The van der Waals surface area contributed by atoms with E-state index < -0.39 is 12.6 Å². The van der Waals surface area contributed by atoms with Crippen molar-refractivity contribution < 1.29 is 22.7 Å². The lowest BCUT2D eigenvalue weighted by Gasteiger charge is -2.37. The van der Waals surface area contributed by atoms with Gasteiger partial charge in [0.15, 0.2) is 0 Å². The SMILES string of the molecule is COc1cccc(C(=O)N(C)C2CCN(CCC(F)(F)F)CC2)c1. The van der Waals surface area contributed by atoms with Crippen LogP contribution in [0.15, 0.2) is 24.3 Å². The minimum absolute atomic E-state index is 0.0315. The zero-order valence-corrected chi connectivity index (χ0v) is 14.0. The van der Waals surface area contributed by atoms with Crippen LogP contribution in [0.5, 0.6) is 5.75 Å². The zero-order valence-electron chi connectivity index (χ0n) is 14.0. The molecular formula is C17H23F3N2O2. The van der Waals surface area contributed by atoms with Gasteiger partial charge in [-0.05, 0) is 31.0 Å². The van der Waals surface area contributed by atoms with Crippen LogP contribution < -0.4 is 4.74 Å². The number of carbonyl (C=O) groups is 1. The molecule has 0 atom stereocenters. The number of methoxy groups -OCH3 is 1. The maximum Gasteiger partial charge on any atom is 0.390 e. The second-order valence-electron chi connectivity index (χ2n) is 6.09. The topological polar surface area (TPSA) is 32.8 Å². The highest BCUT2D eigenvalue weighted by Crippen LogP contribution is 2.23. The van der Waals surface area contributed by atoms with Gasteiger partial charge in [0, 0.05) is 38.3 Å². The lowest BCUT2D eigenvalue weighted by atomic mass is 10.0. The average Bonchev–Trinajstić information content (AvgIpc) is 2.58. The lowest BCUT2D eigenvalue weighted by molar-refractivity contribution is -0.138. The van der Waals surface area contributed by atoms with Crippen LogP contribution in [0, 0.1) is 0 Å². The molecule has 2 rings (SSSR count). The van der Waals surface area contributed by atoms with Crippen molar-refractivity contribution in [3.8, 4) is 5.75 Å². The highest BCUT2D eigenvalue weighted by molar-refractivity contribution is 5.94. The Hall–Kier alpha value is -1.76. The van der Waals surface area contributed by atoms with E-state index in [4.69, 9.17) is 4.74 Å². The molecule has 24 heavy (non-hydrogen) atoms.